The van der Waals surface area contributed by atoms with E-state index in [9.17, 15) is 23.3 Å². The van der Waals surface area contributed by atoms with Crippen LogP contribution in [0, 0.1) is 16.0 Å². The third-order valence-electron chi connectivity index (χ3n) is 3.71. The molecule has 0 amide bonds. The molecular formula is C14H18N2O6S. The predicted molar refractivity (Wildman–Crippen MR) is 81.2 cm³/mol. The number of sulfonamides is 1. The molecule has 1 aromatic carbocycles. The van der Waals surface area contributed by atoms with Crippen LogP contribution < -0.4 is 4.72 Å². The van der Waals surface area contributed by atoms with Crippen LogP contribution >= 0.6 is 0 Å². The summed E-state index contributed by atoms with van der Waals surface area (Å²) >= 11 is 0. The van der Waals surface area contributed by atoms with Gasteiger partial charge in [-0.2, -0.15) is 0 Å². The van der Waals surface area contributed by atoms with Crippen molar-refractivity contribution in [3.05, 3.63) is 34.4 Å². The fourth-order valence-electron chi connectivity index (χ4n) is 2.61. The highest BCUT2D eigenvalue weighted by molar-refractivity contribution is 7.89. The number of nitrogens with one attached hydrogen (secondary N) is 1. The van der Waals surface area contributed by atoms with Crippen molar-refractivity contribution in [3.63, 3.8) is 0 Å². The Bertz CT molecular complexity index is 703. The molecule has 8 nitrogen and oxygen atoms in total. The number of nitro groups is 1. The number of rotatable bonds is 6. The second-order valence-electron chi connectivity index (χ2n) is 5.33. The van der Waals surface area contributed by atoms with Gasteiger partial charge in [-0.15, -0.1) is 0 Å². The third-order valence-corrected chi connectivity index (χ3v) is 5.23. The molecule has 126 valence electrons. The van der Waals surface area contributed by atoms with Crippen LogP contribution in [-0.4, -0.2) is 32.0 Å². The predicted octanol–water partition coefficient (Wildman–Crippen LogP) is 1.60. The molecule has 0 saturated heterocycles. The smallest absolute Gasteiger partial charge is 0.308 e. The molecule has 0 bridgehead atoms. The lowest BCUT2D eigenvalue weighted by molar-refractivity contribution is -0.385. The van der Waals surface area contributed by atoms with Crippen LogP contribution in [0.5, 0.6) is 0 Å². The molecule has 9 heteroatoms. The molecule has 1 fully saturated rings. The molecular weight excluding hydrogens is 324 g/mol. The number of nitrogens with zero attached hydrogens (tertiary/aromatic N) is 1. The van der Waals surface area contributed by atoms with E-state index in [1.54, 1.807) is 6.92 Å². The van der Waals surface area contributed by atoms with E-state index in [0.29, 0.717) is 25.9 Å². The first kappa shape index (κ1) is 17.4. The van der Waals surface area contributed by atoms with E-state index in [1.807, 2.05) is 0 Å². The fraction of sp³-hybridized carbons (Fsp3) is 0.500. The molecule has 1 aliphatic rings. The number of benzene rings is 1. The van der Waals surface area contributed by atoms with Crippen molar-refractivity contribution in [3.8, 4) is 0 Å². The summed E-state index contributed by atoms with van der Waals surface area (Å²) in [6.45, 7) is 2.01. The first-order valence-electron chi connectivity index (χ1n) is 7.27. The van der Waals surface area contributed by atoms with E-state index in [2.05, 4.69) is 4.72 Å². The number of hydrogen-bond donors (Lipinski definition) is 1. The van der Waals surface area contributed by atoms with Gasteiger partial charge in [0.25, 0.3) is 5.69 Å². The summed E-state index contributed by atoms with van der Waals surface area (Å²) in [5, 5.41) is 10.7. The van der Waals surface area contributed by atoms with Crippen LogP contribution in [0.25, 0.3) is 0 Å². The topological polar surface area (TPSA) is 116 Å². The molecule has 2 rings (SSSR count). The van der Waals surface area contributed by atoms with Crippen molar-refractivity contribution in [2.45, 2.75) is 37.1 Å². The van der Waals surface area contributed by atoms with Gasteiger partial charge >= 0.3 is 5.97 Å². The number of nitro benzene ring substituents is 1. The maximum absolute atomic E-state index is 12.3. The lowest BCUT2D eigenvalue weighted by Crippen LogP contribution is -2.33. The highest BCUT2D eigenvalue weighted by atomic mass is 32.2. The van der Waals surface area contributed by atoms with Gasteiger partial charge in [-0.3, -0.25) is 14.9 Å². The molecule has 1 aliphatic carbocycles. The summed E-state index contributed by atoms with van der Waals surface area (Å²) in [7, 11) is -3.87. The van der Waals surface area contributed by atoms with Crippen LogP contribution in [0.4, 0.5) is 5.69 Å². The van der Waals surface area contributed by atoms with Crippen molar-refractivity contribution < 1.29 is 22.9 Å². The molecule has 0 aliphatic heterocycles. The summed E-state index contributed by atoms with van der Waals surface area (Å²) < 4.78 is 32.1. The average Bonchev–Trinajstić information content (AvgIpc) is 2.95. The molecule has 1 aromatic rings. The van der Waals surface area contributed by atoms with Gasteiger partial charge in [0.1, 0.15) is 0 Å². The molecule has 0 radical (unpaired) electrons. The van der Waals surface area contributed by atoms with Crippen molar-refractivity contribution in [2.75, 3.05) is 6.61 Å². The molecule has 2 atom stereocenters. The van der Waals surface area contributed by atoms with Gasteiger partial charge in [-0.1, -0.05) is 6.07 Å². The summed E-state index contributed by atoms with van der Waals surface area (Å²) in [6, 6.07) is 4.48. The standard InChI is InChI=1S/C14H18N2O6S/c1-2-22-14(17)10-6-7-11(8-10)15-23(20,21)13-5-3-4-12(9-13)16(18)19/h3-5,9-11,15H,2,6-8H2,1H3/t10-,11+/m1/s1. The van der Waals surface area contributed by atoms with Gasteiger partial charge < -0.3 is 4.74 Å². The van der Waals surface area contributed by atoms with E-state index in [0.717, 1.165) is 6.07 Å². The van der Waals surface area contributed by atoms with Crippen LogP contribution in [0.2, 0.25) is 0 Å². The normalized spacial score (nSPS) is 21.1. The molecule has 1 N–H and O–H groups in total. The Morgan fingerprint density at radius 1 is 1.43 bits per heavy atom. The Morgan fingerprint density at radius 3 is 2.83 bits per heavy atom. The van der Waals surface area contributed by atoms with Crippen LogP contribution in [0.1, 0.15) is 26.2 Å². The molecule has 1 saturated carbocycles. The van der Waals surface area contributed by atoms with Crippen LogP contribution in [-0.2, 0) is 19.6 Å². The minimum absolute atomic E-state index is 0.161. The Kier molecular flexibility index (Phi) is 5.32. The summed E-state index contributed by atoms with van der Waals surface area (Å²) in [5.41, 5.74) is -0.288. The molecule has 0 unspecified atom stereocenters. The van der Waals surface area contributed by atoms with Gasteiger partial charge in [0.15, 0.2) is 0 Å². The maximum atomic E-state index is 12.3. The zero-order valence-corrected chi connectivity index (χ0v) is 13.4. The van der Waals surface area contributed by atoms with Crippen molar-refractivity contribution in [1.29, 1.82) is 0 Å². The number of non-ortho nitro benzene ring substituents is 1. The van der Waals surface area contributed by atoms with Crippen molar-refractivity contribution in [2.24, 2.45) is 5.92 Å². The van der Waals surface area contributed by atoms with Crippen LogP contribution in [0.3, 0.4) is 0 Å². The Morgan fingerprint density at radius 2 is 2.17 bits per heavy atom. The van der Waals surface area contributed by atoms with Gasteiger partial charge in [-0.25, -0.2) is 13.1 Å². The number of carbonyl (C=O) groups is 1. The highest BCUT2D eigenvalue weighted by Crippen LogP contribution is 2.28. The Labute approximate surface area is 134 Å². The average molecular weight is 342 g/mol. The maximum Gasteiger partial charge on any atom is 0.308 e. The van der Waals surface area contributed by atoms with Crippen molar-refractivity contribution >= 4 is 21.7 Å². The van der Waals surface area contributed by atoms with E-state index in [-0.39, 0.29) is 28.5 Å². The zero-order chi connectivity index (χ0) is 17.0. The second-order valence-corrected chi connectivity index (χ2v) is 7.05. The van der Waals surface area contributed by atoms with Crippen molar-refractivity contribution in [1.82, 2.24) is 4.72 Å². The lowest BCUT2D eigenvalue weighted by Gasteiger charge is -2.13. The van der Waals surface area contributed by atoms with Gasteiger partial charge in [-0.05, 0) is 32.3 Å². The quantitative estimate of drug-likeness (QED) is 0.477. The largest absolute Gasteiger partial charge is 0.466 e. The van der Waals surface area contributed by atoms with E-state index in [1.165, 1.54) is 18.2 Å². The summed E-state index contributed by atoms with van der Waals surface area (Å²) in [4.78, 5) is 21.6. The SMILES string of the molecule is CCOC(=O)[C@@H]1CC[C@H](NS(=O)(=O)c2cccc([N+](=O)[O-])c2)C1. The minimum Gasteiger partial charge on any atom is -0.466 e. The Balaban J connectivity index is 2.06. The van der Waals surface area contributed by atoms with E-state index < -0.39 is 14.9 Å². The fourth-order valence-corrected chi connectivity index (χ4v) is 3.94. The minimum atomic E-state index is -3.87. The number of carbonyl (C=O) groups excluding carboxylic acids is 1. The lowest BCUT2D eigenvalue weighted by atomic mass is 10.1. The number of ether oxygens (including phenoxy) is 1. The van der Waals surface area contributed by atoms with E-state index >= 15 is 0 Å². The monoisotopic (exact) mass is 342 g/mol. The molecule has 0 aromatic heterocycles. The van der Waals surface area contributed by atoms with Gasteiger partial charge in [0.2, 0.25) is 10.0 Å². The summed E-state index contributed by atoms with van der Waals surface area (Å²) in [5.74, 6) is -0.627. The third kappa shape index (κ3) is 4.26. The zero-order valence-electron chi connectivity index (χ0n) is 12.6. The first-order valence-corrected chi connectivity index (χ1v) is 8.75. The molecule has 0 spiro atoms. The van der Waals surface area contributed by atoms with Gasteiger partial charge in [0, 0.05) is 18.2 Å². The molecule has 0 heterocycles. The number of hydrogen-bond acceptors (Lipinski definition) is 6. The van der Waals surface area contributed by atoms with Crippen LogP contribution in [0.15, 0.2) is 29.2 Å². The molecule has 23 heavy (non-hydrogen) atoms. The summed E-state index contributed by atoms with van der Waals surface area (Å²) in [6.07, 6.45) is 1.45. The van der Waals surface area contributed by atoms with E-state index in [4.69, 9.17) is 4.74 Å². The first-order chi connectivity index (χ1) is 10.8. The Hall–Kier alpha value is -2.00. The number of esters is 1. The van der Waals surface area contributed by atoms with Gasteiger partial charge in [0.05, 0.1) is 22.3 Å². The second kappa shape index (κ2) is 7.05. The highest BCUT2D eigenvalue weighted by Gasteiger charge is 2.33.